The van der Waals surface area contributed by atoms with E-state index in [1.165, 1.54) is 12.1 Å². The second kappa shape index (κ2) is 7.24. The van der Waals surface area contributed by atoms with Gasteiger partial charge < -0.3 is 11.1 Å². The molecule has 2 rings (SSSR count). The second-order valence-electron chi connectivity index (χ2n) is 5.41. The first-order valence-electron chi connectivity index (χ1n) is 6.72. The quantitative estimate of drug-likeness (QED) is 0.882. The zero-order chi connectivity index (χ0) is 14.8. The molecule has 0 saturated heterocycles. The monoisotopic (exact) mass is 332 g/mol. The van der Waals surface area contributed by atoms with Gasteiger partial charge in [0.1, 0.15) is 0 Å². The van der Waals surface area contributed by atoms with Crippen molar-refractivity contribution in [2.45, 2.75) is 36.6 Å². The maximum Gasteiger partial charge on any atom is 0.224 e. The smallest absolute Gasteiger partial charge is 0.224 e. The highest BCUT2D eigenvalue weighted by Gasteiger charge is 2.26. The summed E-state index contributed by atoms with van der Waals surface area (Å²) in [6.07, 6.45) is 4.57. The van der Waals surface area contributed by atoms with Crippen LogP contribution in [0, 0.1) is 5.92 Å². The lowest BCUT2D eigenvalue weighted by molar-refractivity contribution is -0.117. The van der Waals surface area contributed by atoms with Gasteiger partial charge in [-0.15, -0.1) is 12.4 Å². The molecule has 118 valence electrons. The number of rotatable bonds is 4. The number of carbonyl (C=O) groups is 1. The molecular weight excluding hydrogens is 312 g/mol. The molecule has 3 N–H and O–H groups in total. The van der Waals surface area contributed by atoms with E-state index in [2.05, 4.69) is 5.32 Å². The molecule has 5 nitrogen and oxygen atoms in total. The van der Waals surface area contributed by atoms with E-state index in [0.717, 1.165) is 25.5 Å². The van der Waals surface area contributed by atoms with Crippen LogP contribution in [0.3, 0.4) is 0 Å². The zero-order valence-corrected chi connectivity index (χ0v) is 13.5. The Kier molecular flexibility index (Phi) is 6.19. The lowest BCUT2D eigenvalue weighted by Gasteiger charge is -2.15. The van der Waals surface area contributed by atoms with Crippen LogP contribution in [0.4, 0.5) is 5.69 Å². The molecule has 0 unspecified atom stereocenters. The molecule has 1 aromatic rings. The number of halogens is 1. The Balaban J connectivity index is 0.00000220. The molecule has 21 heavy (non-hydrogen) atoms. The third kappa shape index (κ3) is 4.98. The molecular formula is C14H21ClN2O3S. The fraction of sp³-hybridized carbons (Fsp3) is 0.500. The molecule has 0 spiro atoms. The van der Waals surface area contributed by atoms with Crippen molar-refractivity contribution in [3.8, 4) is 0 Å². The van der Waals surface area contributed by atoms with Gasteiger partial charge in [0.15, 0.2) is 9.84 Å². The standard InChI is InChI=1S/C14H20N2O3S.ClH/c1-20(18,19)12-6-3-5-11(9-12)16-14(17)8-10-4-2-7-13(10)15;/h3,5-6,9-10,13H,2,4,7-8,15H2,1H3,(H,16,17);1H/t10-,13+;/m0./s1. The Bertz CT molecular complexity index is 604. The SMILES string of the molecule is CS(=O)(=O)c1cccc(NC(=O)C[C@@H]2CCC[C@H]2N)c1.Cl. The van der Waals surface area contributed by atoms with Crippen LogP contribution in [-0.4, -0.2) is 26.6 Å². The minimum absolute atomic E-state index is 0. The molecule has 1 aromatic carbocycles. The van der Waals surface area contributed by atoms with Gasteiger partial charge in [0, 0.05) is 24.4 Å². The van der Waals surface area contributed by atoms with Crippen molar-refractivity contribution in [2.75, 3.05) is 11.6 Å². The summed E-state index contributed by atoms with van der Waals surface area (Å²) in [6, 6.07) is 6.39. The zero-order valence-electron chi connectivity index (χ0n) is 11.9. The first-order valence-corrected chi connectivity index (χ1v) is 8.61. The first-order chi connectivity index (χ1) is 9.36. The van der Waals surface area contributed by atoms with Gasteiger partial charge in [-0.1, -0.05) is 12.5 Å². The molecule has 0 aliphatic heterocycles. The average molecular weight is 333 g/mol. The number of nitrogens with two attached hydrogens (primary N) is 1. The topological polar surface area (TPSA) is 89.3 Å². The highest BCUT2D eigenvalue weighted by molar-refractivity contribution is 7.90. The Hall–Kier alpha value is -1.11. The van der Waals surface area contributed by atoms with Crippen LogP contribution in [0.25, 0.3) is 0 Å². The summed E-state index contributed by atoms with van der Waals surface area (Å²) in [7, 11) is -3.26. The summed E-state index contributed by atoms with van der Waals surface area (Å²) in [4.78, 5) is 12.2. The largest absolute Gasteiger partial charge is 0.327 e. The predicted octanol–water partition coefficient (Wildman–Crippen LogP) is 1.97. The minimum Gasteiger partial charge on any atom is -0.327 e. The summed E-state index contributed by atoms with van der Waals surface area (Å²) in [5.74, 6) is 0.117. The van der Waals surface area contributed by atoms with Gasteiger partial charge in [0.25, 0.3) is 0 Å². The van der Waals surface area contributed by atoms with Crippen LogP contribution >= 0.6 is 12.4 Å². The summed E-state index contributed by atoms with van der Waals surface area (Å²) in [6.45, 7) is 0. The number of carbonyl (C=O) groups excluding carboxylic acids is 1. The Morgan fingerprint density at radius 3 is 2.67 bits per heavy atom. The van der Waals surface area contributed by atoms with Gasteiger partial charge in [-0.3, -0.25) is 4.79 Å². The second-order valence-corrected chi connectivity index (χ2v) is 7.42. The molecule has 0 heterocycles. The van der Waals surface area contributed by atoms with Gasteiger partial charge in [0.2, 0.25) is 5.91 Å². The number of nitrogens with one attached hydrogen (secondary N) is 1. The third-order valence-electron chi connectivity index (χ3n) is 3.71. The van der Waals surface area contributed by atoms with Crippen LogP contribution in [0.1, 0.15) is 25.7 Å². The van der Waals surface area contributed by atoms with Crippen LogP contribution < -0.4 is 11.1 Å². The normalized spacial score (nSPS) is 21.6. The molecule has 1 aliphatic carbocycles. The van der Waals surface area contributed by atoms with Crippen LogP contribution in [0.5, 0.6) is 0 Å². The lowest BCUT2D eigenvalue weighted by Crippen LogP contribution is -2.28. The Morgan fingerprint density at radius 1 is 1.38 bits per heavy atom. The molecule has 1 amide bonds. The number of anilines is 1. The number of amides is 1. The molecule has 0 radical (unpaired) electrons. The van der Waals surface area contributed by atoms with Gasteiger partial charge in [-0.25, -0.2) is 8.42 Å². The van der Waals surface area contributed by atoms with Gasteiger partial charge in [-0.2, -0.15) is 0 Å². The summed E-state index contributed by atoms with van der Waals surface area (Å²) >= 11 is 0. The molecule has 7 heteroatoms. The Labute approximate surface area is 131 Å². The average Bonchev–Trinajstić information content (AvgIpc) is 2.74. The van der Waals surface area contributed by atoms with Crippen molar-refractivity contribution in [2.24, 2.45) is 11.7 Å². The summed E-state index contributed by atoms with van der Waals surface area (Å²) in [5.41, 5.74) is 6.45. The molecule has 1 aliphatic rings. The predicted molar refractivity (Wildman–Crippen MR) is 85.4 cm³/mol. The summed E-state index contributed by atoms with van der Waals surface area (Å²) in [5, 5.41) is 2.74. The van der Waals surface area contributed by atoms with Crippen molar-refractivity contribution >= 4 is 33.8 Å². The lowest BCUT2D eigenvalue weighted by atomic mass is 10.00. The van der Waals surface area contributed by atoms with Crippen molar-refractivity contribution in [1.29, 1.82) is 0 Å². The molecule has 0 aromatic heterocycles. The highest BCUT2D eigenvalue weighted by atomic mass is 35.5. The van der Waals surface area contributed by atoms with Crippen molar-refractivity contribution < 1.29 is 13.2 Å². The van der Waals surface area contributed by atoms with Gasteiger partial charge >= 0.3 is 0 Å². The molecule has 0 bridgehead atoms. The number of hydrogen-bond donors (Lipinski definition) is 2. The third-order valence-corrected chi connectivity index (χ3v) is 4.82. The van der Waals surface area contributed by atoms with E-state index in [0.29, 0.717) is 12.1 Å². The van der Waals surface area contributed by atoms with E-state index in [9.17, 15) is 13.2 Å². The maximum absolute atomic E-state index is 12.0. The van der Waals surface area contributed by atoms with Gasteiger partial charge in [-0.05, 0) is 37.0 Å². The van der Waals surface area contributed by atoms with E-state index in [1.54, 1.807) is 12.1 Å². The van der Waals surface area contributed by atoms with E-state index in [4.69, 9.17) is 5.73 Å². The number of hydrogen-bond acceptors (Lipinski definition) is 4. The maximum atomic E-state index is 12.0. The first kappa shape index (κ1) is 17.9. The fourth-order valence-electron chi connectivity index (χ4n) is 2.57. The number of sulfone groups is 1. The van der Waals surface area contributed by atoms with E-state index in [1.807, 2.05) is 0 Å². The molecule has 1 saturated carbocycles. The van der Waals surface area contributed by atoms with Crippen molar-refractivity contribution in [3.05, 3.63) is 24.3 Å². The van der Waals surface area contributed by atoms with Crippen molar-refractivity contribution in [1.82, 2.24) is 0 Å². The van der Waals surface area contributed by atoms with Gasteiger partial charge in [0.05, 0.1) is 4.90 Å². The molecule has 2 atom stereocenters. The minimum atomic E-state index is -3.26. The van der Waals surface area contributed by atoms with Crippen LogP contribution in [0.2, 0.25) is 0 Å². The molecule has 1 fully saturated rings. The Morgan fingerprint density at radius 2 is 2.10 bits per heavy atom. The highest BCUT2D eigenvalue weighted by Crippen LogP contribution is 2.27. The van der Waals surface area contributed by atoms with E-state index in [-0.39, 0.29) is 35.2 Å². The van der Waals surface area contributed by atoms with Crippen molar-refractivity contribution in [3.63, 3.8) is 0 Å². The van der Waals surface area contributed by atoms with E-state index < -0.39 is 9.84 Å². The summed E-state index contributed by atoms with van der Waals surface area (Å²) < 4.78 is 22.9. The van der Waals surface area contributed by atoms with Crippen LogP contribution in [0.15, 0.2) is 29.2 Å². The van der Waals surface area contributed by atoms with E-state index >= 15 is 0 Å². The fourth-order valence-corrected chi connectivity index (χ4v) is 3.24. The van der Waals surface area contributed by atoms with Crippen LogP contribution in [-0.2, 0) is 14.6 Å². The number of benzene rings is 1.